The topological polar surface area (TPSA) is 67.9 Å². The first-order valence-corrected chi connectivity index (χ1v) is 9.89. The van der Waals surface area contributed by atoms with Crippen molar-refractivity contribution < 1.29 is 19.1 Å². The van der Waals surface area contributed by atoms with Gasteiger partial charge in [0.1, 0.15) is 11.5 Å². The van der Waals surface area contributed by atoms with Crippen LogP contribution in [0.15, 0.2) is 42.5 Å². The van der Waals surface area contributed by atoms with Crippen molar-refractivity contribution >= 4 is 11.8 Å². The number of piperidine rings is 1. The van der Waals surface area contributed by atoms with E-state index in [1.54, 1.807) is 19.2 Å². The number of hydrogen-bond donors (Lipinski definition) is 1. The molecule has 0 aliphatic carbocycles. The Bertz CT molecular complexity index is 873. The summed E-state index contributed by atoms with van der Waals surface area (Å²) in [6.07, 6.45) is 1.44. The second kappa shape index (κ2) is 9.45. The first-order valence-electron chi connectivity index (χ1n) is 9.89. The minimum absolute atomic E-state index is 0.00966. The van der Waals surface area contributed by atoms with Gasteiger partial charge in [0.25, 0.3) is 11.8 Å². The minimum atomic E-state index is -0.139. The quantitative estimate of drug-likeness (QED) is 0.815. The zero-order valence-electron chi connectivity index (χ0n) is 17.2. The van der Waals surface area contributed by atoms with Gasteiger partial charge in [0, 0.05) is 19.1 Å². The molecular weight excluding hydrogens is 368 g/mol. The van der Waals surface area contributed by atoms with E-state index in [1.807, 2.05) is 49.1 Å². The largest absolute Gasteiger partial charge is 0.496 e. The van der Waals surface area contributed by atoms with Crippen molar-refractivity contribution in [1.29, 1.82) is 0 Å². The van der Waals surface area contributed by atoms with Crippen LogP contribution < -0.4 is 14.8 Å². The van der Waals surface area contributed by atoms with Gasteiger partial charge in [-0.25, -0.2) is 0 Å². The molecule has 6 heteroatoms. The fourth-order valence-corrected chi connectivity index (χ4v) is 3.59. The number of hydrogen-bond acceptors (Lipinski definition) is 4. The number of carbonyl (C=O) groups is 2. The molecule has 1 heterocycles. The van der Waals surface area contributed by atoms with Gasteiger partial charge in [-0.05, 0) is 50.5 Å². The fourth-order valence-electron chi connectivity index (χ4n) is 3.59. The minimum Gasteiger partial charge on any atom is -0.496 e. The highest BCUT2D eigenvalue weighted by molar-refractivity contribution is 5.97. The van der Waals surface area contributed by atoms with Crippen molar-refractivity contribution in [3.8, 4) is 11.5 Å². The predicted octanol–water partition coefficient (Wildman–Crippen LogP) is 3.11. The number of methoxy groups -OCH3 is 1. The SMILES string of the molecule is COc1ccccc1C(=O)N1CCC(NC(=O)COc2ccc(C)cc2C)CC1. The summed E-state index contributed by atoms with van der Waals surface area (Å²) < 4.78 is 10.9. The van der Waals surface area contributed by atoms with Crippen LogP contribution in [0.1, 0.15) is 34.3 Å². The van der Waals surface area contributed by atoms with E-state index in [1.165, 1.54) is 0 Å². The molecular formula is C23H28N2O4. The van der Waals surface area contributed by atoms with E-state index in [0.29, 0.717) is 24.4 Å². The summed E-state index contributed by atoms with van der Waals surface area (Å²) in [7, 11) is 1.56. The second-order valence-corrected chi connectivity index (χ2v) is 7.39. The van der Waals surface area contributed by atoms with Gasteiger partial charge in [-0.15, -0.1) is 0 Å². The van der Waals surface area contributed by atoms with Gasteiger partial charge < -0.3 is 19.7 Å². The Hall–Kier alpha value is -3.02. The van der Waals surface area contributed by atoms with E-state index in [9.17, 15) is 9.59 Å². The highest BCUT2D eigenvalue weighted by Gasteiger charge is 2.26. The Morgan fingerprint density at radius 2 is 1.79 bits per heavy atom. The maximum Gasteiger partial charge on any atom is 0.258 e. The number of rotatable bonds is 6. The van der Waals surface area contributed by atoms with Crippen LogP contribution in [0.4, 0.5) is 0 Å². The van der Waals surface area contributed by atoms with Crippen molar-refractivity contribution in [3.63, 3.8) is 0 Å². The Morgan fingerprint density at radius 1 is 1.07 bits per heavy atom. The summed E-state index contributed by atoms with van der Waals surface area (Å²) in [6.45, 7) is 5.17. The number of carbonyl (C=O) groups excluding carboxylic acids is 2. The molecule has 1 N–H and O–H groups in total. The summed E-state index contributed by atoms with van der Waals surface area (Å²) in [5.74, 6) is 1.13. The summed E-state index contributed by atoms with van der Waals surface area (Å²) in [5, 5.41) is 3.02. The molecule has 29 heavy (non-hydrogen) atoms. The number of benzene rings is 2. The molecule has 6 nitrogen and oxygen atoms in total. The normalized spacial score (nSPS) is 14.4. The number of aryl methyl sites for hydroxylation is 2. The van der Waals surface area contributed by atoms with E-state index in [2.05, 4.69) is 5.32 Å². The molecule has 3 rings (SSSR count). The molecule has 1 fully saturated rings. The first kappa shape index (κ1) is 20.7. The third kappa shape index (κ3) is 5.28. The predicted molar refractivity (Wildman–Crippen MR) is 111 cm³/mol. The van der Waals surface area contributed by atoms with Crippen LogP contribution in [-0.2, 0) is 4.79 Å². The second-order valence-electron chi connectivity index (χ2n) is 7.39. The number of amides is 2. The zero-order valence-corrected chi connectivity index (χ0v) is 17.2. The molecule has 1 aliphatic rings. The molecule has 0 spiro atoms. The molecule has 154 valence electrons. The highest BCUT2D eigenvalue weighted by Crippen LogP contribution is 2.22. The lowest BCUT2D eigenvalue weighted by Gasteiger charge is -2.32. The molecule has 0 saturated carbocycles. The number of para-hydroxylation sites is 1. The molecule has 0 aromatic heterocycles. The maximum atomic E-state index is 12.8. The lowest BCUT2D eigenvalue weighted by atomic mass is 10.0. The van der Waals surface area contributed by atoms with Crippen LogP contribution in [0.25, 0.3) is 0 Å². The smallest absolute Gasteiger partial charge is 0.258 e. The average Bonchev–Trinajstić information content (AvgIpc) is 2.73. The molecule has 0 atom stereocenters. The zero-order chi connectivity index (χ0) is 20.8. The monoisotopic (exact) mass is 396 g/mol. The van der Waals surface area contributed by atoms with Gasteiger partial charge in [-0.3, -0.25) is 9.59 Å². The third-order valence-electron chi connectivity index (χ3n) is 5.17. The Balaban J connectivity index is 1.47. The standard InChI is InChI=1S/C23H28N2O4/c1-16-8-9-20(17(2)14-16)29-15-22(26)24-18-10-12-25(13-11-18)23(27)19-6-4-5-7-21(19)28-3/h4-9,14,18H,10-13,15H2,1-3H3,(H,24,26). The third-order valence-corrected chi connectivity index (χ3v) is 5.17. The number of nitrogens with one attached hydrogen (secondary N) is 1. The summed E-state index contributed by atoms with van der Waals surface area (Å²) in [6, 6.07) is 13.2. The van der Waals surface area contributed by atoms with Crippen LogP contribution in [-0.4, -0.2) is 49.6 Å². The van der Waals surface area contributed by atoms with Gasteiger partial charge in [0.05, 0.1) is 12.7 Å². The van der Waals surface area contributed by atoms with Crippen LogP contribution in [0.5, 0.6) is 11.5 Å². The molecule has 0 radical (unpaired) electrons. The lowest BCUT2D eigenvalue weighted by molar-refractivity contribution is -0.124. The van der Waals surface area contributed by atoms with Crippen molar-refractivity contribution in [3.05, 3.63) is 59.2 Å². The van der Waals surface area contributed by atoms with Crippen molar-refractivity contribution in [1.82, 2.24) is 10.2 Å². The average molecular weight is 396 g/mol. The fraction of sp³-hybridized carbons (Fsp3) is 0.391. The van der Waals surface area contributed by atoms with Gasteiger partial charge in [0.2, 0.25) is 0 Å². The van der Waals surface area contributed by atoms with E-state index in [0.717, 1.165) is 29.7 Å². The van der Waals surface area contributed by atoms with Crippen LogP contribution in [0.3, 0.4) is 0 Å². The molecule has 1 aliphatic heterocycles. The van der Waals surface area contributed by atoms with Crippen LogP contribution >= 0.6 is 0 Å². The number of ether oxygens (including phenoxy) is 2. The molecule has 2 aromatic rings. The van der Waals surface area contributed by atoms with E-state index < -0.39 is 0 Å². The molecule has 1 saturated heterocycles. The van der Waals surface area contributed by atoms with Gasteiger partial charge in [0.15, 0.2) is 6.61 Å². The van der Waals surface area contributed by atoms with Crippen molar-refractivity contribution in [2.45, 2.75) is 32.7 Å². The Morgan fingerprint density at radius 3 is 2.48 bits per heavy atom. The van der Waals surface area contributed by atoms with Gasteiger partial charge >= 0.3 is 0 Å². The lowest BCUT2D eigenvalue weighted by Crippen LogP contribution is -2.47. The van der Waals surface area contributed by atoms with Gasteiger partial charge in [-0.1, -0.05) is 29.8 Å². The summed E-state index contributed by atoms with van der Waals surface area (Å²) >= 11 is 0. The number of likely N-dealkylation sites (tertiary alicyclic amines) is 1. The summed E-state index contributed by atoms with van der Waals surface area (Å²) in [4.78, 5) is 26.8. The van der Waals surface area contributed by atoms with Crippen molar-refractivity contribution in [2.75, 3.05) is 26.8 Å². The first-order chi connectivity index (χ1) is 14.0. The van der Waals surface area contributed by atoms with Gasteiger partial charge in [-0.2, -0.15) is 0 Å². The van der Waals surface area contributed by atoms with Crippen molar-refractivity contribution in [2.24, 2.45) is 0 Å². The van der Waals surface area contributed by atoms with Crippen LogP contribution in [0, 0.1) is 13.8 Å². The molecule has 2 amide bonds. The van der Waals surface area contributed by atoms with E-state index in [4.69, 9.17) is 9.47 Å². The van der Waals surface area contributed by atoms with E-state index >= 15 is 0 Å². The molecule has 0 unspecified atom stereocenters. The van der Waals surface area contributed by atoms with Crippen LogP contribution in [0.2, 0.25) is 0 Å². The van der Waals surface area contributed by atoms with E-state index in [-0.39, 0.29) is 24.5 Å². The highest BCUT2D eigenvalue weighted by atomic mass is 16.5. The Kier molecular flexibility index (Phi) is 6.75. The molecule has 0 bridgehead atoms. The number of nitrogens with zero attached hydrogens (tertiary/aromatic N) is 1. The maximum absolute atomic E-state index is 12.8. The molecule has 2 aromatic carbocycles. The Labute approximate surface area is 171 Å². The summed E-state index contributed by atoms with van der Waals surface area (Å²) in [5.41, 5.74) is 2.74.